The summed E-state index contributed by atoms with van der Waals surface area (Å²) in [5.41, 5.74) is 5.38. The normalized spacial score (nSPS) is 18.9. The van der Waals surface area contributed by atoms with E-state index in [4.69, 9.17) is 4.84 Å². The maximum absolute atomic E-state index is 12.9. The van der Waals surface area contributed by atoms with Crippen LogP contribution in [0.2, 0.25) is 0 Å². The van der Waals surface area contributed by atoms with Crippen LogP contribution in [0.1, 0.15) is 36.0 Å². The van der Waals surface area contributed by atoms with E-state index in [2.05, 4.69) is 15.4 Å². The number of likely N-dealkylation sites (N-methyl/N-ethyl adjacent to an activating group) is 1. The molecule has 0 spiro atoms. The van der Waals surface area contributed by atoms with Gasteiger partial charge < -0.3 is 20.0 Å². The van der Waals surface area contributed by atoms with Gasteiger partial charge in [0.25, 0.3) is 11.8 Å². The molecule has 3 heterocycles. The molecule has 1 N–H and O–H groups in total. The molecule has 202 valence electrons. The van der Waals surface area contributed by atoms with E-state index in [1.807, 2.05) is 13.1 Å². The number of nitrogens with zero attached hydrogens (tertiary/aromatic N) is 4. The van der Waals surface area contributed by atoms with Crippen molar-refractivity contribution >= 4 is 33.2 Å². The Morgan fingerprint density at radius 3 is 2.45 bits per heavy atom. The van der Waals surface area contributed by atoms with Gasteiger partial charge in [0.05, 0.1) is 10.6 Å². The predicted molar refractivity (Wildman–Crippen MR) is 144 cm³/mol. The second-order valence-corrected chi connectivity index (χ2v) is 12.4. The molecular weight excluding hydrogens is 506 g/mol. The highest BCUT2D eigenvalue weighted by atomic mass is 32.2. The quantitative estimate of drug-likeness (QED) is 0.564. The smallest absolute Gasteiger partial charge is 0.278 e. The third-order valence-corrected chi connectivity index (χ3v) is 9.26. The molecule has 10 nitrogen and oxygen atoms in total. The topological polar surface area (TPSA) is 112 Å². The van der Waals surface area contributed by atoms with Crippen molar-refractivity contribution in [3.8, 4) is 11.1 Å². The Hall–Kier alpha value is -3.28. The number of oxime groups is 1. The first-order chi connectivity index (χ1) is 18.2. The van der Waals surface area contributed by atoms with Crippen LogP contribution in [0.3, 0.4) is 0 Å². The minimum atomic E-state index is -3.55. The molecule has 38 heavy (non-hydrogen) atoms. The fraction of sp³-hybridized carbons (Fsp3) is 0.444. The van der Waals surface area contributed by atoms with Gasteiger partial charge in [-0.25, -0.2) is 12.7 Å². The Kier molecular flexibility index (Phi) is 7.26. The van der Waals surface area contributed by atoms with E-state index < -0.39 is 10.0 Å². The van der Waals surface area contributed by atoms with Crippen molar-refractivity contribution < 1.29 is 22.8 Å². The molecule has 3 aliphatic heterocycles. The molecular formula is C27H33N5O5S. The molecule has 2 amide bonds. The maximum atomic E-state index is 12.9. The molecule has 2 aromatic carbocycles. The molecule has 0 aromatic heterocycles. The number of rotatable bonds is 6. The van der Waals surface area contributed by atoms with E-state index in [-0.39, 0.29) is 29.0 Å². The Morgan fingerprint density at radius 1 is 1.05 bits per heavy atom. The first-order valence-corrected chi connectivity index (χ1v) is 14.3. The van der Waals surface area contributed by atoms with Crippen LogP contribution in [-0.2, 0) is 37.4 Å². The summed E-state index contributed by atoms with van der Waals surface area (Å²) in [4.78, 5) is 35.0. The van der Waals surface area contributed by atoms with Gasteiger partial charge in [-0.15, -0.1) is 0 Å². The van der Waals surface area contributed by atoms with E-state index in [0.29, 0.717) is 12.1 Å². The number of amides is 2. The summed E-state index contributed by atoms with van der Waals surface area (Å²) in [5.74, 6) is -0.501. The largest absolute Gasteiger partial charge is 0.385 e. The van der Waals surface area contributed by atoms with Gasteiger partial charge in [-0.1, -0.05) is 17.3 Å². The zero-order valence-corrected chi connectivity index (χ0v) is 22.8. The summed E-state index contributed by atoms with van der Waals surface area (Å²) in [6.07, 6.45) is 3.89. The molecule has 0 atom stereocenters. The number of piperidine rings is 1. The van der Waals surface area contributed by atoms with Crippen LogP contribution in [0.25, 0.3) is 11.1 Å². The van der Waals surface area contributed by atoms with Crippen LogP contribution in [0.15, 0.2) is 40.4 Å². The lowest BCUT2D eigenvalue weighted by atomic mass is 9.87. The van der Waals surface area contributed by atoms with Crippen molar-refractivity contribution in [2.75, 3.05) is 52.7 Å². The van der Waals surface area contributed by atoms with E-state index in [1.54, 1.807) is 29.2 Å². The Labute approximate surface area is 223 Å². The van der Waals surface area contributed by atoms with Gasteiger partial charge in [0.15, 0.2) is 12.3 Å². The molecule has 0 radical (unpaired) electrons. The third-order valence-electron chi connectivity index (χ3n) is 7.43. The second kappa shape index (κ2) is 10.5. The van der Waals surface area contributed by atoms with Gasteiger partial charge in [0.2, 0.25) is 10.0 Å². The zero-order valence-electron chi connectivity index (χ0n) is 22.0. The second-order valence-electron chi connectivity index (χ2n) is 10.2. The monoisotopic (exact) mass is 539 g/mol. The maximum Gasteiger partial charge on any atom is 0.278 e. The number of nitrogens with one attached hydrogen (secondary N) is 1. The number of carbonyl (C=O) groups is 2. The number of hydrogen-bond acceptors (Lipinski definition) is 7. The summed E-state index contributed by atoms with van der Waals surface area (Å²) in [6.45, 7) is 2.75. The van der Waals surface area contributed by atoms with Crippen molar-refractivity contribution in [2.24, 2.45) is 5.16 Å². The highest BCUT2D eigenvalue weighted by Crippen LogP contribution is 2.40. The van der Waals surface area contributed by atoms with Gasteiger partial charge >= 0.3 is 0 Å². The van der Waals surface area contributed by atoms with Crippen LogP contribution < -0.4 is 5.32 Å². The highest BCUT2D eigenvalue weighted by Gasteiger charge is 2.34. The average molecular weight is 540 g/mol. The van der Waals surface area contributed by atoms with E-state index in [0.717, 1.165) is 73.3 Å². The lowest BCUT2D eigenvalue weighted by Crippen LogP contribution is -2.37. The van der Waals surface area contributed by atoms with Crippen molar-refractivity contribution in [2.45, 2.75) is 37.1 Å². The van der Waals surface area contributed by atoms with Crippen molar-refractivity contribution in [1.82, 2.24) is 14.1 Å². The van der Waals surface area contributed by atoms with Crippen molar-refractivity contribution in [3.63, 3.8) is 0 Å². The van der Waals surface area contributed by atoms with Crippen LogP contribution >= 0.6 is 0 Å². The SMILES string of the molecule is CN1CCc2c(-c3ccc(S(=O)(=O)N(C)C)cc3)cc3c(c2C1)NC(=O)/C3=N\OCC(=O)N1CCCCC1. The summed E-state index contributed by atoms with van der Waals surface area (Å²) in [6, 6.07) is 8.72. The summed E-state index contributed by atoms with van der Waals surface area (Å²) >= 11 is 0. The third kappa shape index (κ3) is 4.93. The van der Waals surface area contributed by atoms with Gasteiger partial charge in [0.1, 0.15) is 0 Å². The molecule has 5 rings (SSSR count). The van der Waals surface area contributed by atoms with Crippen LogP contribution in [0.4, 0.5) is 5.69 Å². The molecule has 1 fully saturated rings. The van der Waals surface area contributed by atoms with Crippen LogP contribution in [-0.4, -0.2) is 87.4 Å². The van der Waals surface area contributed by atoms with Gasteiger partial charge in [-0.05, 0) is 73.2 Å². The lowest BCUT2D eigenvalue weighted by molar-refractivity contribution is -0.137. The fourth-order valence-electron chi connectivity index (χ4n) is 5.27. The number of sulfonamides is 1. The number of likely N-dealkylation sites (tertiary alicyclic amines) is 1. The number of anilines is 1. The van der Waals surface area contributed by atoms with E-state index in [1.165, 1.54) is 18.4 Å². The summed E-state index contributed by atoms with van der Waals surface area (Å²) < 4.78 is 26.3. The molecule has 1 saturated heterocycles. The standard InChI is InChI=1S/C27H33N5O5S/c1-30(2)38(35,36)19-9-7-18(8-10-19)21-15-22-25(23-16-31(3)14-11-20(21)23)28-27(34)26(22)29-37-17-24(33)32-12-5-4-6-13-32/h7-10,15H,4-6,11-14,16-17H2,1-3H3,(H,28,29,34). The number of carbonyl (C=O) groups excluding carboxylic acids is 2. The van der Waals surface area contributed by atoms with Crippen LogP contribution in [0.5, 0.6) is 0 Å². The van der Waals surface area contributed by atoms with Gasteiger partial charge in [0, 0.05) is 45.8 Å². The summed E-state index contributed by atoms with van der Waals surface area (Å²) in [5, 5.41) is 7.07. The van der Waals surface area contributed by atoms with Gasteiger partial charge in [-0.3, -0.25) is 9.59 Å². The Morgan fingerprint density at radius 2 is 1.76 bits per heavy atom. The predicted octanol–water partition coefficient (Wildman–Crippen LogP) is 2.28. The minimum Gasteiger partial charge on any atom is -0.385 e. The molecule has 2 aromatic rings. The first-order valence-electron chi connectivity index (χ1n) is 12.9. The number of fused-ring (bicyclic) bond motifs is 3. The lowest BCUT2D eigenvalue weighted by Gasteiger charge is -2.29. The molecule has 11 heteroatoms. The summed E-state index contributed by atoms with van der Waals surface area (Å²) in [7, 11) is 1.49. The van der Waals surface area contributed by atoms with Gasteiger partial charge in [-0.2, -0.15) is 0 Å². The van der Waals surface area contributed by atoms with Crippen molar-refractivity contribution in [1.29, 1.82) is 0 Å². The van der Waals surface area contributed by atoms with E-state index >= 15 is 0 Å². The Balaban J connectivity index is 1.49. The fourth-order valence-corrected chi connectivity index (χ4v) is 6.17. The highest BCUT2D eigenvalue weighted by molar-refractivity contribution is 7.89. The molecule has 0 unspecified atom stereocenters. The number of hydrogen-bond donors (Lipinski definition) is 1. The molecule has 0 saturated carbocycles. The van der Waals surface area contributed by atoms with Crippen LogP contribution in [0, 0.1) is 0 Å². The average Bonchev–Trinajstić information content (AvgIpc) is 3.23. The molecule has 0 aliphatic carbocycles. The number of benzene rings is 2. The Bertz CT molecular complexity index is 1400. The van der Waals surface area contributed by atoms with Crippen molar-refractivity contribution in [3.05, 3.63) is 47.0 Å². The minimum absolute atomic E-state index is 0.131. The molecule has 3 aliphatic rings. The zero-order chi connectivity index (χ0) is 27.0. The van der Waals surface area contributed by atoms with E-state index in [9.17, 15) is 18.0 Å². The first kappa shape index (κ1) is 26.3. The molecule has 0 bridgehead atoms.